The zero-order valence-corrected chi connectivity index (χ0v) is 11.6. The molecule has 102 valence electrons. The summed E-state index contributed by atoms with van der Waals surface area (Å²) in [6.07, 6.45) is 4.33. The van der Waals surface area contributed by atoms with Crippen molar-refractivity contribution >= 4 is 11.8 Å². The van der Waals surface area contributed by atoms with Crippen molar-refractivity contribution in [1.82, 2.24) is 14.9 Å². The lowest BCUT2D eigenvalue weighted by atomic mass is 10.2. The first kappa shape index (κ1) is 13.3. The fourth-order valence-electron chi connectivity index (χ4n) is 1.80. The molecule has 2 aromatic rings. The Morgan fingerprint density at radius 1 is 1.53 bits per heavy atom. The van der Waals surface area contributed by atoms with Crippen molar-refractivity contribution in [3.8, 4) is 0 Å². The van der Waals surface area contributed by atoms with E-state index in [2.05, 4.69) is 15.6 Å². The molecule has 2 aromatic heterocycles. The normalized spacial score (nSPS) is 12.4. The van der Waals surface area contributed by atoms with Crippen LogP contribution in [-0.2, 0) is 11.2 Å². The lowest BCUT2D eigenvalue weighted by molar-refractivity contribution is -0.119. The Bertz CT molecular complexity index is 585. The molecule has 19 heavy (non-hydrogen) atoms. The molecular formula is C13H18N4O2. The molecule has 1 atom stereocenters. The molecule has 0 aliphatic carbocycles. The highest BCUT2D eigenvalue weighted by Gasteiger charge is 2.19. The van der Waals surface area contributed by atoms with Gasteiger partial charge in [0.05, 0.1) is 11.9 Å². The summed E-state index contributed by atoms with van der Waals surface area (Å²) < 4.78 is 6.76. The van der Waals surface area contributed by atoms with Crippen molar-refractivity contribution in [3.63, 3.8) is 0 Å². The SMILES string of the molecule is CCc1noc(NC(=O)[C@H](C)n2cc(C)cn2)c1C. The summed E-state index contributed by atoms with van der Waals surface area (Å²) in [6.45, 7) is 7.59. The second-order valence-electron chi connectivity index (χ2n) is 4.60. The van der Waals surface area contributed by atoms with Crippen LogP contribution < -0.4 is 5.32 Å². The molecule has 0 bridgehead atoms. The predicted molar refractivity (Wildman–Crippen MR) is 70.9 cm³/mol. The summed E-state index contributed by atoms with van der Waals surface area (Å²) in [5, 5.41) is 10.8. The van der Waals surface area contributed by atoms with Gasteiger partial charge in [0.2, 0.25) is 5.88 Å². The van der Waals surface area contributed by atoms with Crippen LogP contribution in [0.3, 0.4) is 0 Å². The standard InChI is InChI=1S/C13H18N4O2/c1-5-11-9(3)13(19-16-11)15-12(18)10(4)17-7-8(2)6-14-17/h6-7,10H,5H2,1-4H3,(H,15,18)/t10-/m0/s1. The lowest BCUT2D eigenvalue weighted by Crippen LogP contribution is -2.24. The quantitative estimate of drug-likeness (QED) is 0.917. The number of aromatic nitrogens is 3. The van der Waals surface area contributed by atoms with Gasteiger partial charge < -0.3 is 4.52 Å². The van der Waals surface area contributed by atoms with Crippen molar-refractivity contribution < 1.29 is 9.32 Å². The Morgan fingerprint density at radius 3 is 2.79 bits per heavy atom. The zero-order valence-electron chi connectivity index (χ0n) is 11.6. The van der Waals surface area contributed by atoms with Gasteiger partial charge >= 0.3 is 0 Å². The largest absolute Gasteiger partial charge is 0.338 e. The Labute approximate surface area is 111 Å². The molecule has 0 aromatic carbocycles. The van der Waals surface area contributed by atoms with Crippen molar-refractivity contribution in [3.05, 3.63) is 29.2 Å². The van der Waals surface area contributed by atoms with Gasteiger partial charge in [0.15, 0.2) is 0 Å². The van der Waals surface area contributed by atoms with Crippen LogP contribution in [0.5, 0.6) is 0 Å². The smallest absolute Gasteiger partial charge is 0.251 e. The third-order valence-electron chi connectivity index (χ3n) is 3.10. The molecule has 2 rings (SSSR count). The molecule has 0 fully saturated rings. The van der Waals surface area contributed by atoms with E-state index in [0.717, 1.165) is 23.2 Å². The Balaban J connectivity index is 2.10. The van der Waals surface area contributed by atoms with Crippen LogP contribution in [0.1, 0.15) is 36.7 Å². The van der Waals surface area contributed by atoms with Crippen LogP contribution in [0.15, 0.2) is 16.9 Å². The van der Waals surface area contributed by atoms with Crippen molar-refractivity contribution in [2.75, 3.05) is 5.32 Å². The van der Waals surface area contributed by atoms with Gasteiger partial charge in [0.1, 0.15) is 6.04 Å². The average molecular weight is 262 g/mol. The molecule has 0 unspecified atom stereocenters. The third kappa shape index (κ3) is 2.67. The minimum absolute atomic E-state index is 0.176. The molecule has 0 radical (unpaired) electrons. The minimum Gasteiger partial charge on any atom is -0.338 e. The first-order valence-corrected chi connectivity index (χ1v) is 6.29. The van der Waals surface area contributed by atoms with E-state index in [4.69, 9.17) is 4.52 Å². The molecule has 2 heterocycles. The minimum atomic E-state index is -0.400. The highest BCUT2D eigenvalue weighted by atomic mass is 16.5. The van der Waals surface area contributed by atoms with E-state index in [0.29, 0.717) is 5.88 Å². The van der Waals surface area contributed by atoms with Gasteiger partial charge in [-0.05, 0) is 32.8 Å². The highest BCUT2D eigenvalue weighted by molar-refractivity contribution is 5.92. The summed E-state index contributed by atoms with van der Waals surface area (Å²) in [6, 6.07) is -0.400. The van der Waals surface area contributed by atoms with Gasteiger partial charge in [-0.15, -0.1) is 0 Å². The molecular weight excluding hydrogens is 244 g/mol. The number of aryl methyl sites for hydroxylation is 2. The number of nitrogens with zero attached hydrogens (tertiary/aromatic N) is 3. The molecule has 1 N–H and O–H groups in total. The maximum Gasteiger partial charge on any atom is 0.251 e. The number of anilines is 1. The Kier molecular flexibility index (Phi) is 3.69. The molecule has 0 aliphatic heterocycles. The van der Waals surface area contributed by atoms with Crippen molar-refractivity contribution in [1.29, 1.82) is 0 Å². The van der Waals surface area contributed by atoms with E-state index in [1.807, 2.05) is 27.0 Å². The fourth-order valence-corrected chi connectivity index (χ4v) is 1.80. The number of hydrogen-bond donors (Lipinski definition) is 1. The van der Waals surface area contributed by atoms with Crippen LogP contribution in [0.2, 0.25) is 0 Å². The topological polar surface area (TPSA) is 73.0 Å². The van der Waals surface area contributed by atoms with Crippen LogP contribution >= 0.6 is 0 Å². The second kappa shape index (κ2) is 5.26. The molecule has 0 spiro atoms. The van der Waals surface area contributed by atoms with Gasteiger partial charge in [0, 0.05) is 11.8 Å². The number of carbonyl (C=O) groups excluding carboxylic acids is 1. The highest BCUT2D eigenvalue weighted by Crippen LogP contribution is 2.20. The zero-order chi connectivity index (χ0) is 14.0. The summed E-state index contributed by atoms with van der Waals surface area (Å²) >= 11 is 0. The lowest BCUT2D eigenvalue weighted by Gasteiger charge is -2.11. The van der Waals surface area contributed by atoms with E-state index >= 15 is 0 Å². The first-order chi connectivity index (χ1) is 9.02. The Hall–Kier alpha value is -2.11. The number of hydrogen-bond acceptors (Lipinski definition) is 4. The molecule has 0 aliphatic rings. The van der Waals surface area contributed by atoms with E-state index in [9.17, 15) is 4.79 Å². The second-order valence-corrected chi connectivity index (χ2v) is 4.60. The van der Waals surface area contributed by atoms with Gasteiger partial charge in [-0.3, -0.25) is 14.8 Å². The molecule has 0 saturated heterocycles. The molecule has 0 saturated carbocycles. The van der Waals surface area contributed by atoms with Gasteiger partial charge in [-0.1, -0.05) is 12.1 Å². The number of carbonyl (C=O) groups is 1. The van der Waals surface area contributed by atoms with Crippen LogP contribution in [0.4, 0.5) is 5.88 Å². The predicted octanol–water partition coefficient (Wildman–Crippen LogP) is 2.25. The average Bonchev–Trinajstić information content (AvgIpc) is 2.96. The number of nitrogens with one attached hydrogen (secondary N) is 1. The monoisotopic (exact) mass is 262 g/mol. The molecule has 6 nitrogen and oxygen atoms in total. The van der Waals surface area contributed by atoms with Crippen molar-refractivity contribution in [2.24, 2.45) is 0 Å². The third-order valence-corrected chi connectivity index (χ3v) is 3.10. The fraction of sp³-hybridized carbons (Fsp3) is 0.462. The van der Waals surface area contributed by atoms with Gasteiger partial charge in [-0.25, -0.2) is 0 Å². The summed E-state index contributed by atoms with van der Waals surface area (Å²) in [7, 11) is 0. The summed E-state index contributed by atoms with van der Waals surface area (Å²) in [5.41, 5.74) is 2.75. The van der Waals surface area contributed by atoms with Crippen molar-refractivity contribution in [2.45, 2.75) is 40.2 Å². The molecule has 6 heteroatoms. The molecule has 1 amide bonds. The van der Waals surface area contributed by atoms with E-state index in [1.54, 1.807) is 17.8 Å². The van der Waals surface area contributed by atoms with Crippen LogP contribution in [-0.4, -0.2) is 20.8 Å². The van der Waals surface area contributed by atoms with Crippen LogP contribution in [0.25, 0.3) is 0 Å². The Morgan fingerprint density at radius 2 is 2.26 bits per heavy atom. The van der Waals surface area contributed by atoms with Crippen LogP contribution in [0, 0.1) is 13.8 Å². The van der Waals surface area contributed by atoms with E-state index in [-0.39, 0.29) is 5.91 Å². The van der Waals surface area contributed by atoms with Gasteiger partial charge in [-0.2, -0.15) is 5.10 Å². The first-order valence-electron chi connectivity index (χ1n) is 6.29. The van der Waals surface area contributed by atoms with E-state index in [1.165, 1.54) is 0 Å². The number of rotatable bonds is 4. The summed E-state index contributed by atoms with van der Waals surface area (Å²) in [4.78, 5) is 12.1. The van der Waals surface area contributed by atoms with E-state index < -0.39 is 6.04 Å². The maximum atomic E-state index is 12.1. The number of amides is 1. The van der Waals surface area contributed by atoms with Gasteiger partial charge in [0.25, 0.3) is 5.91 Å². The summed E-state index contributed by atoms with van der Waals surface area (Å²) in [5.74, 6) is 0.239. The maximum absolute atomic E-state index is 12.1.